The predicted molar refractivity (Wildman–Crippen MR) is 134 cm³/mol. The van der Waals surface area contributed by atoms with Crippen LogP contribution >= 0.6 is 0 Å². The monoisotopic (exact) mass is 482 g/mol. The summed E-state index contributed by atoms with van der Waals surface area (Å²) in [5.41, 5.74) is 1.14. The first-order valence-corrected chi connectivity index (χ1v) is 11.8. The second-order valence-corrected chi connectivity index (χ2v) is 8.45. The summed E-state index contributed by atoms with van der Waals surface area (Å²) < 4.78 is 16.7. The topological polar surface area (TPSA) is 88.5 Å². The fourth-order valence-corrected chi connectivity index (χ4v) is 4.16. The molecule has 0 unspecified atom stereocenters. The summed E-state index contributed by atoms with van der Waals surface area (Å²) in [4.78, 5) is 29.9. The van der Waals surface area contributed by atoms with Crippen molar-refractivity contribution in [2.45, 2.75) is 26.3 Å². The van der Waals surface area contributed by atoms with Gasteiger partial charge in [-0.15, -0.1) is 0 Å². The van der Waals surface area contributed by atoms with Crippen LogP contribution in [0, 0.1) is 0 Å². The molecule has 1 saturated heterocycles. The molecule has 2 aromatic rings. The number of methoxy groups -OCH3 is 1. The third-order valence-electron chi connectivity index (χ3n) is 5.79. The van der Waals surface area contributed by atoms with Crippen LogP contribution in [0.4, 0.5) is 0 Å². The maximum absolute atomic E-state index is 13.2. The van der Waals surface area contributed by atoms with Gasteiger partial charge in [0, 0.05) is 12.1 Å². The summed E-state index contributed by atoms with van der Waals surface area (Å²) in [6, 6.07) is 11.3. The summed E-state index contributed by atoms with van der Waals surface area (Å²) in [6.07, 6.45) is 0.675. The van der Waals surface area contributed by atoms with Crippen LogP contribution in [0.5, 0.6) is 17.2 Å². The molecule has 0 bridgehead atoms. The third kappa shape index (κ3) is 5.77. The molecule has 35 heavy (non-hydrogen) atoms. The molecule has 188 valence electrons. The molecule has 1 fully saturated rings. The van der Waals surface area contributed by atoms with Crippen LogP contribution in [0.15, 0.2) is 48.0 Å². The predicted octanol–water partition coefficient (Wildman–Crippen LogP) is 3.87. The molecule has 2 aromatic carbocycles. The molecular formula is C27H34N2O6. The highest BCUT2D eigenvalue weighted by Gasteiger charge is 2.46. The number of Topliss-reactive ketones (excluding diaryl/α,β-unsaturated/α-hetero) is 1. The minimum atomic E-state index is -0.755. The van der Waals surface area contributed by atoms with Crippen molar-refractivity contribution in [3.8, 4) is 17.2 Å². The summed E-state index contributed by atoms with van der Waals surface area (Å²) in [6.45, 7) is 5.78. The molecule has 0 aromatic heterocycles. The van der Waals surface area contributed by atoms with Crippen LogP contribution in [-0.2, 0) is 9.59 Å². The SMILES string of the molecule is CCOc1ccc([C@@H]2/C(=C(\O)c3ccc(OC)cc3)C(=O)C(=O)N2CCCN(C)C)cc1OCC. The fourth-order valence-electron chi connectivity index (χ4n) is 4.16. The Labute approximate surface area is 206 Å². The van der Waals surface area contributed by atoms with Gasteiger partial charge in [0.2, 0.25) is 0 Å². The van der Waals surface area contributed by atoms with Gasteiger partial charge in [-0.1, -0.05) is 6.07 Å². The molecule has 0 spiro atoms. The van der Waals surface area contributed by atoms with Crippen LogP contribution in [0.2, 0.25) is 0 Å². The second kappa shape index (κ2) is 11.8. The normalized spacial score (nSPS) is 17.2. The molecule has 1 atom stereocenters. The summed E-state index contributed by atoms with van der Waals surface area (Å²) >= 11 is 0. The van der Waals surface area contributed by atoms with Crippen LogP contribution in [0.1, 0.15) is 37.4 Å². The van der Waals surface area contributed by atoms with E-state index in [1.54, 1.807) is 43.5 Å². The average Bonchev–Trinajstić information content (AvgIpc) is 3.10. The van der Waals surface area contributed by atoms with Gasteiger partial charge in [0.15, 0.2) is 11.5 Å². The minimum Gasteiger partial charge on any atom is -0.507 e. The van der Waals surface area contributed by atoms with E-state index in [0.717, 1.165) is 6.54 Å². The van der Waals surface area contributed by atoms with Gasteiger partial charge >= 0.3 is 0 Å². The molecule has 1 heterocycles. The highest BCUT2D eigenvalue weighted by molar-refractivity contribution is 6.46. The number of carbonyl (C=O) groups is 2. The molecule has 0 saturated carbocycles. The summed E-state index contributed by atoms with van der Waals surface area (Å²) in [7, 11) is 5.46. The number of likely N-dealkylation sites (tertiary alicyclic amines) is 1. The van der Waals surface area contributed by atoms with Gasteiger partial charge in [0.1, 0.15) is 11.5 Å². The molecule has 1 amide bonds. The lowest BCUT2D eigenvalue weighted by molar-refractivity contribution is -0.139. The molecule has 0 radical (unpaired) electrons. The number of carbonyl (C=O) groups excluding carboxylic acids is 2. The highest BCUT2D eigenvalue weighted by atomic mass is 16.5. The highest BCUT2D eigenvalue weighted by Crippen LogP contribution is 2.42. The Morgan fingerprint density at radius 3 is 2.26 bits per heavy atom. The van der Waals surface area contributed by atoms with Crippen LogP contribution in [0.3, 0.4) is 0 Å². The lowest BCUT2D eigenvalue weighted by atomic mass is 9.95. The Hall–Kier alpha value is -3.52. The third-order valence-corrected chi connectivity index (χ3v) is 5.79. The van der Waals surface area contributed by atoms with Gasteiger partial charge < -0.3 is 29.1 Å². The van der Waals surface area contributed by atoms with Crippen molar-refractivity contribution in [3.05, 3.63) is 59.2 Å². The number of amides is 1. The number of hydrogen-bond acceptors (Lipinski definition) is 7. The van der Waals surface area contributed by atoms with E-state index < -0.39 is 17.7 Å². The molecule has 1 N–H and O–H groups in total. The number of rotatable bonds is 11. The van der Waals surface area contributed by atoms with E-state index in [-0.39, 0.29) is 11.3 Å². The standard InChI is InChI=1S/C27H34N2O6/c1-6-34-21-14-11-19(17-22(21)35-7-2)24-23(25(30)18-9-12-20(33-5)13-10-18)26(31)27(32)29(24)16-8-15-28(3)4/h9-14,17,24,30H,6-8,15-16H2,1-5H3/b25-23+/t24-/m1/s1. The minimum absolute atomic E-state index is 0.0524. The Kier molecular flexibility index (Phi) is 8.76. The van der Waals surface area contributed by atoms with Gasteiger partial charge in [-0.25, -0.2) is 0 Å². The molecule has 8 heteroatoms. The van der Waals surface area contributed by atoms with Gasteiger partial charge in [0.05, 0.1) is 31.9 Å². The second-order valence-electron chi connectivity index (χ2n) is 8.45. The Morgan fingerprint density at radius 1 is 1.00 bits per heavy atom. The molecule has 1 aliphatic heterocycles. The van der Waals surface area contributed by atoms with Crippen molar-refractivity contribution < 1.29 is 28.9 Å². The van der Waals surface area contributed by atoms with Crippen molar-refractivity contribution in [1.82, 2.24) is 9.80 Å². The lowest BCUT2D eigenvalue weighted by Crippen LogP contribution is -2.32. The van der Waals surface area contributed by atoms with E-state index in [9.17, 15) is 14.7 Å². The van der Waals surface area contributed by atoms with E-state index in [0.29, 0.717) is 54.6 Å². The number of nitrogens with zero attached hydrogens (tertiary/aromatic N) is 2. The molecule has 0 aliphatic carbocycles. The average molecular weight is 483 g/mol. The zero-order valence-corrected chi connectivity index (χ0v) is 21.0. The summed E-state index contributed by atoms with van der Waals surface area (Å²) in [5.74, 6) is 0.164. The number of aliphatic hydroxyl groups excluding tert-OH is 1. The van der Waals surface area contributed by atoms with E-state index in [2.05, 4.69) is 0 Å². The summed E-state index contributed by atoms with van der Waals surface area (Å²) in [5, 5.41) is 11.2. The first-order valence-electron chi connectivity index (χ1n) is 11.8. The molecule has 8 nitrogen and oxygen atoms in total. The van der Waals surface area contributed by atoms with Crippen molar-refractivity contribution in [1.29, 1.82) is 0 Å². The van der Waals surface area contributed by atoms with Crippen LogP contribution in [0.25, 0.3) is 5.76 Å². The Morgan fingerprint density at radius 2 is 1.66 bits per heavy atom. The van der Waals surface area contributed by atoms with Crippen molar-refractivity contribution >= 4 is 17.4 Å². The number of benzene rings is 2. The van der Waals surface area contributed by atoms with Crippen molar-refractivity contribution in [2.75, 3.05) is 47.5 Å². The van der Waals surface area contributed by atoms with Gasteiger partial charge in [-0.3, -0.25) is 9.59 Å². The first-order chi connectivity index (χ1) is 16.8. The number of aliphatic hydroxyl groups is 1. The molecule has 1 aliphatic rings. The Bertz CT molecular complexity index is 1080. The van der Waals surface area contributed by atoms with E-state index >= 15 is 0 Å². The zero-order valence-electron chi connectivity index (χ0n) is 21.0. The van der Waals surface area contributed by atoms with Gasteiger partial charge in [-0.2, -0.15) is 0 Å². The number of ether oxygens (including phenoxy) is 3. The number of hydrogen-bond donors (Lipinski definition) is 1. The largest absolute Gasteiger partial charge is 0.507 e. The molecular weight excluding hydrogens is 448 g/mol. The van der Waals surface area contributed by atoms with E-state index in [1.807, 2.05) is 38.9 Å². The van der Waals surface area contributed by atoms with Crippen molar-refractivity contribution in [2.24, 2.45) is 0 Å². The number of ketones is 1. The lowest BCUT2D eigenvalue weighted by Gasteiger charge is -2.26. The maximum atomic E-state index is 13.2. The molecule has 3 rings (SSSR count). The quantitative estimate of drug-likeness (QED) is 0.296. The van der Waals surface area contributed by atoms with Crippen molar-refractivity contribution in [3.63, 3.8) is 0 Å². The van der Waals surface area contributed by atoms with E-state index in [4.69, 9.17) is 14.2 Å². The first kappa shape index (κ1) is 26.1. The van der Waals surface area contributed by atoms with Gasteiger partial charge in [0.25, 0.3) is 11.7 Å². The fraction of sp³-hybridized carbons (Fsp3) is 0.407. The van der Waals surface area contributed by atoms with Gasteiger partial charge in [-0.05, 0) is 82.9 Å². The Balaban J connectivity index is 2.13. The van der Waals surface area contributed by atoms with Crippen LogP contribution in [-0.4, -0.2) is 74.1 Å². The van der Waals surface area contributed by atoms with Crippen LogP contribution < -0.4 is 14.2 Å². The maximum Gasteiger partial charge on any atom is 0.295 e. The van der Waals surface area contributed by atoms with E-state index in [1.165, 1.54) is 4.90 Å². The zero-order chi connectivity index (χ0) is 25.5. The smallest absolute Gasteiger partial charge is 0.295 e.